The highest BCUT2D eigenvalue weighted by Gasteiger charge is 2.52. The number of nitriles is 1. The van der Waals surface area contributed by atoms with Crippen molar-refractivity contribution in [3.63, 3.8) is 0 Å². The second-order valence-corrected chi connectivity index (χ2v) is 14.1. The number of aromatic nitrogens is 1. The van der Waals surface area contributed by atoms with Crippen LogP contribution in [0.4, 0.5) is 4.79 Å². The van der Waals surface area contributed by atoms with Crippen LogP contribution in [0.1, 0.15) is 92.5 Å². The summed E-state index contributed by atoms with van der Waals surface area (Å²) in [6.07, 6.45) is 7.62. The zero-order chi connectivity index (χ0) is 31.1. The molecule has 4 unspecified atom stereocenters. The Morgan fingerprint density at radius 1 is 1.14 bits per heavy atom. The van der Waals surface area contributed by atoms with Gasteiger partial charge in [0.25, 0.3) is 5.91 Å². The molecule has 0 radical (unpaired) electrons. The molecule has 1 aromatic rings. The van der Waals surface area contributed by atoms with Crippen LogP contribution in [-0.4, -0.2) is 102 Å². The highest BCUT2D eigenvalue weighted by molar-refractivity contribution is 5.96. The van der Waals surface area contributed by atoms with Gasteiger partial charge >= 0.3 is 6.09 Å². The molecular formula is C34H49N5O5. The first-order chi connectivity index (χ1) is 21.2. The number of carbonyl (C=O) groups excluding carboxylic acids is 2. The van der Waals surface area contributed by atoms with Crippen LogP contribution in [0.5, 0.6) is 0 Å². The second-order valence-electron chi connectivity index (χ2n) is 14.1. The molecule has 0 aromatic carbocycles. The first-order valence-corrected chi connectivity index (χ1v) is 16.8. The molecule has 5 fully saturated rings. The van der Waals surface area contributed by atoms with E-state index in [9.17, 15) is 14.9 Å². The van der Waals surface area contributed by atoms with Gasteiger partial charge in [0.05, 0.1) is 24.5 Å². The van der Waals surface area contributed by atoms with Gasteiger partial charge in [-0.2, -0.15) is 5.26 Å². The van der Waals surface area contributed by atoms with Crippen molar-refractivity contribution in [3.05, 3.63) is 28.6 Å². The molecule has 6 heterocycles. The van der Waals surface area contributed by atoms with Gasteiger partial charge in [-0.1, -0.05) is 19.8 Å². The number of unbranched alkanes of at least 4 members (excludes halogenated alkanes) is 1. The van der Waals surface area contributed by atoms with Gasteiger partial charge in [0, 0.05) is 75.4 Å². The lowest BCUT2D eigenvalue weighted by atomic mass is 9.74. The Labute approximate surface area is 262 Å². The van der Waals surface area contributed by atoms with Crippen molar-refractivity contribution in [2.75, 3.05) is 52.5 Å². The molecule has 240 valence electrons. The smallest absolute Gasteiger partial charge is 0.410 e. The Balaban J connectivity index is 1.07. The summed E-state index contributed by atoms with van der Waals surface area (Å²) in [5.74, 6) is 1.04. The molecule has 6 rings (SSSR count). The fourth-order valence-corrected chi connectivity index (χ4v) is 8.62. The molecule has 5 aliphatic rings. The first kappa shape index (κ1) is 31.3. The Morgan fingerprint density at radius 2 is 1.89 bits per heavy atom. The SMILES string of the molecule is CCCCC1CN(CC2COC3OCCC23)C(=O)OC12CCN(C1(C)CCN(C(=O)c3c(C)cc(C#N)nc3C)CC1)CC2. The van der Waals surface area contributed by atoms with Crippen LogP contribution in [-0.2, 0) is 14.2 Å². The van der Waals surface area contributed by atoms with Crippen molar-refractivity contribution in [2.24, 2.45) is 17.8 Å². The molecule has 0 aliphatic carbocycles. The molecule has 10 nitrogen and oxygen atoms in total. The van der Waals surface area contributed by atoms with E-state index >= 15 is 0 Å². The number of hydrogen-bond acceptors (Lipinski definition) is 8. The van der Waals surface area contributed by atoms with Crippen molar-refractivity contribution in [1.82, 2.24) is 19.7 Å². The lowest BCUT2D eigenvalue weighted by Crippen LogP contribution is -2.64. The predicted octanol–water partition coefficient (Wildman–Crippen LogP) is 4.67. The number of rotatable bonds is 7. The number of ether oxygens (including phenoxy) is 3. The number of piperidine rings is 2. The maximum Gasteiger partial charge on any atom is 0.410 e. The van der Waals surface area contributed by atoms with Crippen LogP contribution < -0.4 is 0 Å². The van der Waals surface area contributed by atoms with Crippen molar-refractivity contribution in [2.45, 2.75) is 96.5 Å². The third kappa shape index (κ3) is 5.83. The maximum absolute atomic E-state index is 13.5. The molecule has 2 amide bonds. The predicted molar refractivity (Wildman–Crippen MR) is 164 cm³/mol. The summed E-state index contributed by atoms with van der Waals surface area (Å²) < 4.78 is 18.1. The Morgan fingerprint density at radius 3 is 2.57 bits per heavy atom. The molecule has 5 saturated heterocycles. The number of likely N-dealkylation sites (tertiary alicyclic amines) is 2. The molecule has 1 spiro atoms. The monoisotopic (exact) mass is 607 g/mol. The lowest BCUT2D eigenvalue weighted by molar-refractivity contribution is -0.134. The quantitative estimate of drug-likeness (QED) is 0.440. The summed E-state index contributed by atoms with van der Waals surface area (Å²) in [6.45, 7) is 14.3. The fraction of sp³-hybridized carbons (Fsp3) is 0.765. The van der Waals surface area contributed by atoms with E-state index in [1.807, 2.05) is 23.6 Å². The van der Waals surface area contributed by atoms with Gasteiger partial charge in [-0.3, -0.25) is 9.69 Å². The number of carbonyl (C=O) groups is 2. The fourth-order valence-electron chi connectivity index (χ4n) is 8.62. The van der Waals surface area contributed by atoms with E-state index in [1.165, 1.54) is 0 Å². The summed E-state index contributed by atoms with van der Waals surface area (Å²) in [4.78, 5) is 37.8. The lowest BCUT2D eigenvalue weighted by Gasteiger charge is -2.55. The van der Waals surface area contributed by atoms with E-state index < -0.39 is 5.60 Å². The van der Waals surface area contributed by atoms with Gasteiger partial charge < -0.3 is 24.0 Å². The molecule has 10 heteroatoms. The van der Waals surface area contributed by atoms with Crippen LogP contribution in [0.15, 0.2) is 6.07 Å². The molecule has 0 N–H and O–H groups in total. The maximum atomic E-state index is 13.5. The number of fused-ring (bicyclic) bond motifs is 1. The van der Waals surface area contributed by atoms with E-state index in [0.717, 1.165) is 83.2 Å². The summed E-state index contributed by atoms with van der Waals surface area (Å²) in [7, 11) is 0. The Bertz CT molecular complexity index is 1260. The largest absolute Gasteiger partial charge is 0.442 e. The molecule has 0 bridgehead atoms. The van der Waals surface area contributed by atoms with Crippen LogP contribution in [0, 0.1) is 42.9 Å². The van der Waals surface area contributed by atoms with Crippen molar-refractivity contribution >= 4 is 12.0 Å². The van der Waals surface area contributed by atoms with Crippen LogP contribution in [0.3, 0.4) is 0 Å². The van der Waals surface area contributed by atoms with E-state index in [4.69, 9.17) is 14.2 Å². The van der Waals surface area contributed by atoms with E-state index in [-0.39, 0.29) is 23.8 Å². The normalized spacial score (nSPS) is 29.8. The van der Waals surface area contributed by atoms with Gasteiger partial charge in [-0.15, -0.1) is 0 Å². The van der Waals surface area contributed by atoms with Crippen LogP contribution in [0.25, 0.3) is 0 Å². The van der Waals surface area contributed by atoms with Crippen LogP contribution in [0.2, 0.25) is 0 Å². The number of amides is 2. The molecular weight excluding hydrogens is 558 g/mol. The van der Waals surface area contributed by atoms with Crippen molar-refractivity contribution < 1.29 is 23.8 Å². The number of aryl methyl sites for hydroxylation is 2. The average molecular weight is 608 g/mol. The summed E-state index contributed by atoms with van der Waals surface area (Å²) in [6, 6.07) is 3.78. The zero-order valence-corrected chi connectivity index (χ0v) is 27.0. The van der Waals surface area contributed by atoms with Crippen LogP contribution >= 0.6 is 0 Å². The Hall–Kier alpha value is -2.74. The minimum absolute atomic E-state index is 0.00259. The summed E-state index contributed by atoms with van der Waals surface area (Å²) in [5.41, 5.74) is 2.00. The minimum atomic E-state index is -0.394. The standard InChI is InChI=1S/C34H49N5O5/c1-5-6-7-26-21-38(20-25-22-43-31-28(25)8-17-42-31)32(41)44-34(26)11-15-39(16-12-34)33(4)9-13-37(14-10-33)30(40)29-23(2)18-27(19-35)36-24(29)3/h18,25-26,28,31H,5-17,20-22H2,1-4H3. The topological polar surface area (TPSA) is 108 Å². The van der Waals surface area contributed by atoms with Crippen molar-refractivity contribution in [1.29, 1.82) is 5.26 Å². The summed E-state index contributed by atoms with van der Waals surface area (Å²) in [5, 5.41) is 9.24. The molecule has 44 heavy (non-hydrogen) atoms. The minimum Gasteiger partial charge on any atom is -0.442 e. The average Bonchev–Trinajstić information content (AvgIpc) is 3.63. The third-order valence-electron chi connectivity index (χ3n) is 11.5. The highest BCUT2D eigenvalue weighted by atomic mass is 16.7. The molecule has 5 aliphatic heterocycles. The number of nitrogens with zero attached hydrogens (tertiary/aromatic N) is 5. The first-order valence-electron chi connectivity index (χ1n) is 16.8. The highest BCUT2D eigenvalue weighted by Crippen LogP contribution is 2.44. The zero-order valence-electron chi connectivity index (χ0n) is 27.0. The number of hydrogen-bond donors (Lipinski definition) is 0. The summed E-state index contributed by atoms with van der Waals surface area (Å²) >= 11 is 0. The molecule has 4 atom stereocenters. The van der Waals surface area contributed by atoms with Gasteiger partial charge in [0.15, 0.2) is 6.29 Å². The third-order valence-corrected chi connectivity index (χ3v) is 11.5. The van der Waals surface area contributed by atoms with Gasteiger partial charge in [-0.25, -0.2) is 9.78 Å². The van der Waals surface area contributed by atoms with Crippen molar-refractivity contribution in [3.8, 4) is 6.07 Å². The van der Waals surface area contributed by atoms with E-state index in [1.54, 1.807) is 6.07 Å². The molecule has 0 saturated carbocycles. The van der Waals surface area contributed by atoms with Gasteiger partial charge in [0.2, 0.25) is 0 Å². The molecule has 1 aromatic heterocycles. The van der Waals surface area contributed by atoms with Gasteiger partial charge in [-0.05, 0) is 58.1 Å². The van der Waals surface area contributed by atoms with E-state index in [0.29, 0.717) is 60.9 Å². The number of pyridine rings is 1. The van der Waals surface area contributed by atoms with Gasteiger partial charge in [0.1, 0.15) is 17.4 Å². The second kappa shape index (κ2) is 12.6. The van der Waals surface area contributed by atoms with E-state index in [2.05, 4.69) is 29.8 Å². The Kier molecular flexibility index (Phi) is 8.93.